The van der Waals surface area contributed by atoms with E-state index in [1.54, 1.807) is 0 Å². The molecular formula is C12H16N2O3S. The van der Waals surface area contributed by atoms with Gasteiger partial charge in [0.15, 0.2) is 5.82 Å². The van der Waals surface area contributed by atoms with E-state index in [2.05, 4.69) is 10.1 Å². The second-order valence-electron chi connectivity index (χ2n) is 4.89. The van der Waals surface area contributed by atoms with Crippen LogP contribution in [-0.2, 0) is 14.9 Å². The molecule has 5 nitrogen and oxygen atoms in total. The number of carbonyl (C=O) groups excluding carboxylic acids is 1. The molecule has 0 bridgehead atoms. The van der Waals surface area contributed by atoms with E-state index >= 15 is 0 Å². The molecule has 1 saturated heterocycles. The second-order valence-corrected chi connectivity index (χ2v) is 6.20. The predicted octanol–water partition coefficient (Wildman–Crippen LogP) is 2.23. The number of esters is 1. The van der Waals surface area contributed by atoms with Crippen LogP contribution in [0.1, 0.15) is 49.1 Å². The average molecular weight is 268 g/mol. The summed E-state index contributed by atoms with van der Waals surface area (Å²) in [5, 5.41) is 4.37. The summed E-state index contributed by atoms with van der Waals surface area (Å²) in [4.78, 5) is 16.2. The molecule has 6 heteroatoms. The van der Waals surface area contributed by atoms with E-state index in [-0.39, 0.29) is 5.97 Å². The van der Waals surface area contributed by atoms with Gasteiger partial charge < -0.3 is 9.26 Å². The molecule has 2 heterocycles. The molecular weight excluding hydrogens is 252 g/mol. The van der Waals surface area contributed by atoms with Crippen molar-refractivity contribution < 1.29 is 14.1 Å². The van der Waals surface area contributed by atoms with Crippen molar-refractivity contribution in [2.75, 3.05) is 12.9 Å². The summed E-state index contributed by atoms with van der Waals surface area (Å²) >= 11 is 1.87. The van der Waals surface area contributed by atoms with Crippen molar-refractivity contribution in [3.05, 3.63) is 11.7 Å². The Kier molecular flexibility index (Phi) is 3.05. The van der Waals surface area contributed by atoms with E-state index in [4.69, 9.17) is 9.26 Å². The molecule has 1 aliphatic carbocycles. The Bertz CT molecular complexity index is 450. The van der Waals surface area contributed by atoms with Crippen LogP contribution in [0, 0.1) is 0 Å². The summed E-state index contributed by atoms with van der Waals surface area (Å²) in [5.41, 5.74) is -0.640. The number of ether oxygens (including phenoxy) is 1. The van der Waals surface area contributed by atoms with Gasteiger partial charge in [0.05, 0.1) is 12.4 Å². The summed E-state index contributed by atoms with van der Waals surface area (Å²) in [5.74, 6) is 2.07. The van der Waals surface area contributed by atoms with Crippen LogP contribution in [0.25, 0.3) is 0 Å². The van der Waals surface area contributed by atoms with Crippen LogP contribution in [0.15, 0.2) is 4.52 Å². The van der Waals surface area contributed by atoms with E-state index in [9.17, 15) is 4.79 Å². The third-order valence-corrected chi connectivity index (χ3v) is 5.02. The molecule has 0 N–H and O–H groups in total. The molecule has 1 unspecified atom stereocenters. The summed E-state index contributed by atoms with van der Waals surface area (Å²) < 4.78 is 10.1. The van der Waals surface area contributed by atoms with Crippen molar-refractivity contribution in [1.82, 2.24) is 10.1 Å². The van der Waals surface area contributed by atoms with Crippen LogP contribution in [0.4, 0.5) is 0 Å². The topological polar surface area (TPSA) is 65.2 Å². The van der Waals surface area contributed by atoms with E-state index in [0.29, 0.717) is 11.1 Å². The lowest BCUT2D eigenvalue weighted by molar-refractivity contribution is -0.144. The van der Waals surface area contributed by atoms with Gasteiger partial charge >= 0.3 is 5.97 Å². The van der Waals surface area contributed by atoms with E-state index < -0.39 is 5.41 Å². The van der Waals surface area contributed by atoms with Gasteiger partial charge in [0.1, 0.15) is 5.41 Å². The van der Waals surface area contributed by atoms with Gasteiger partial charge in [-0.1, -0.05) is 11.6 Å². The smallest absolute Gasteiger partial charge is 0.321 e. The zero-order valence-electron chi connectivity index (χ0n) is 10.3. The van der Waals surface area contributed by atoms with Crippen molar-refractivity contribution in [2.45, 2.75) is 42.8 Å². The Morgan fingerprint density at radius 1 is 1.50 bits per heavy atom. The molecule has 1 aliphatic heterocycles. The molecule has 3 rings (SSSR count). The number of hydrogen-bond donors (Lipinski definition) is 0. The number of carbonyl (C=O) groups is 1. The quantitative estimate of drug-likeness (QED) is 0.783. The Morgan fingerprint density at radius 2 is 2.33 bits per heavy atom. The fraction of sp³-hybridized carbons (Fsp3) is 0.750. The highest BCUT2D eigenvalue weighted by molar-refractivity contribution is 7.99. The highest BCUT2D eigenvalue weighted by Crippen LogP contribution is 2.49. The molecule has 0 spiro atoms. The van der Waals surface area contributed by atoms with Gasteiger partial charge in [-0.05, 0) is 31.4 Å². The van der Waals surface area contributed by atoms with Gasteiger partial charge in [0.2, 0.25) is 5.89 Å². The number of thioether (sulfide) groups is 1. The normalized spacial score (nSPS) is 25.7. The maximum absolute atomic E-state index is 11.7. The number of methoxy groups -OCH3 is 1. The minimum Gasteiger partial charge on any atom is -0.468 e. The lowest BCUT2D eigenvalue weighted by Gasteiger charge is -2.17. The lowest BCUT2D eigenvalue weighted by Crippen LogP contribution is -2.22. The Balaban J connectivity index is 1.79. The minimum atomic E-state index is -0.640. The first-order valence-corrected chi connectivity index (χ1v) is 7.35. The van der Waals surface area contributed by atoms with Gasteiger partial charge in [-0.3, -0.25) is 4.79 Å². The van der Waals surface area contributed by atoms with Crippen molar-refractivity contribution >= 4 is 17.7 Å². The van der Waals surface area contributed by atoms with E-state index in [1.165, 1.54) is 20.0 Å². The van der Waals surface area contributed by atoms with Gasteiger partial charge in [0.25, 0.3) is 0 Å². The van der Waals surface area contributed by atoms with Crippen LogP contribution in [0.2, 0.25) is 0 Å². The fourth-order valence-electron chi connectivity index (χ4n) is 2.33. The van der Waals surface area contributed by atoms with Gasteiger partial charge in [0, 0.05) is 0 Å². The standard InChI is InChI=1S/C12H16N2O3S/c1-16-11(15)12(5-6-12)10-13-9(14-17-10)8-4-2-3-7-18-8/h8H,2-7H2,1H3. The molecule has 1 aromatic rings. The Labute approximate surface area is 110 Å². The number of aromatic nitrogens is 2. The molecule has 2 fully saturated rings. The molecule has 1 atom stereocenters. The Morgan fingerprint density at radius 3 is 2.94 bits per heavy atom. The van der Waals surface area contributed by atoms with Crippen molar-refractivity contribution in [3.8, 4) is 0 Å². The van der Waals surface area contributed by atoms with E-state index in [1.807, 2.05) is 11.8 Å². The van der Waals surface area contributed by atoms with Crippen LogP contribution in [0.3, 0.4) is 0 Å². The number of hydrogen-bond acceptors (Lipinski definition) is 6. The fourth-order valence-corrected chi connectivity index (χ4v) is 3.56. The first-order valence-electron chi connectivity index (χ1n) is 6.30. The van der Waals surface area contributed by atoms with Gasteiger partial charge in [-0.2, -0.15) is 16.7 Å². The number of nitrogens with zero attached hydrogens (tertiary/aromatic N) is 2. The van der Waals surface area contributed by atoms with Crippen molar-refractivity contribution in [1.29, 1.82) is 0 Å². The van der Waals surface area contributed by atoms with Crippen LogP contribution < -0.4 is 0 Å². The van der Waals surface area contributed by atoms with Crippen molar-refractivity contribution in [3.63, 3.8) is 0 Å². The summed E-state index contributed by atoms with van der Waals surface area (Å²) in [7, 11) is 1.40. The summed E-state index contributed by atoms with van der Waals surface area (Å²) in [6, 6.07) is 0. The first-order chi connectivity index (χ1) is 8.76. The number of rotatable bonds is 3. The van der Waals surface area contributed by atoms with Crippen molar-refractivity contribution in [2.24, 2.45) is 0 Å². The average Bonchev–Trinajstić information content (AvgIpc) is 3.09. The second kappa shape index (κ2) is 4.57. The molecule has 98 valence electrons. The third kappa shape index (κ3) is 1.92. The zero-order chi connectivity index (χ0) is 12.6. The predicted molar refractivity (Wildman–Crippen MR) is 66.3 cm³/mol. The van der Waals surface area contributed by atoms with E-state index in [0.717, 1.165) is 30.8 Å². The molecule has 0 radical (unpaired) electrons. The molecule has 1 saturated carbocycles. The zero-order valence-corrected chi connectivity index (χ0v) is 11.2. The maximum Gasteiger partial charge on any atom is 0.321 e. The molecule has 0 aromatic carbocycles. The largest absolute Gasteiger partial charge is 0.468 e. The SMILES string of the molecule is COC(=O)C1(c2nc(C3CCCCS3)no2)CC1. The maximum atomic E-state index is 11.7. The Hall–Kier alpha value is -1.04. The third-order valence-electron chi connectivity index (χ3n) is 3.64. The summed E-state index contributed by atoms with van der Waals surface area (Å²) in [6.07, 6.45) is 5.06. The van der Waals surface area contributed by atoms with Crippen LogP contribution >= 0.6 is 11.8 Å². The molecule has 0 amide bonds. The van der Waals surface area contributed by atoms with Crippen LogP contribution in [0.5, 0.6) is 0 Å². The molecule has 1 aromatic heterocycles. The highest BCUT2D eigenvalue weighted by atomic mass is 32.2. The monoisotopic (exact) mass is 268 g/mol. The van der Waals surface area contributed by atoms with Crippen LogP contribution in [-0.4, -0.2) is 29.0 Å². The van der Waals surface area contributed by atoms with Gasteiger partial charge in [-0.15, -0.1) is 0 Å². The molecule has 2 aliphatic rings. The minimum absolute atomic E-state index is 0.256. The summed E-state index contributed by atoms with van der Waals surface area (Å²) in [6.45, 7) is 0. The highest BCUT2D eigenvalue weighted by Gasteiger charge is 2.57. The first kappa shape index (κ1) is 12.0. The molecule has 18 heavy (non-hydrogen) atoms. The lowest BCUT2D eigenvalue weighted by atomic mass is 10.1. The van der Waals surface area contributed by atoms with Gasteiger partial charge in [-0.25, -0.2) is 0 Å².